The number of benzene rings is 1. The Morgan fingerprint density at radius 2 is 1.83 bits per heavy atom. The van der Waals surface area contributed by atoms with Gasteiger partial charge in [0.1, 0.15) is 6.61 Å². The second-order valence-corrected chi connectivity index (χ2v) is 11.6. The van der Waals surface area contributed by atoms with Crippen LogP contribution in [0.4, 0.5) is 0 Å². The van der Waals surface area contributed by atoms with Gasteiger partial charge in [0.15, 0.2) is 11.5 Å². The van der Waals surface area contributed by atoms with Gasteiger partial charge in [-0.05, 0) is 84.4 Å². The molecule has 4 atom stereocenters. The number of nitrogens with one attached hydrogen (secondary N) is 1. The lowest BCUT2D eigenvalue weighted by atomic mass is 9.43. The molecule has 29 heavy (non-hydrogen) atoms. The molecule has 0 aliphatic heterocycles. The Hall–Kier alpha value is -1.52. The van der Waals surface area contributed by atoms with Crippen molar-refractivity contribution in [2.45, 2.75) is 71.1 Å². The minimum Gasteiger partial charge on any atom is -0.493 e. The third kappa shape index (κ3) is 3.82. The van der Waals surface area contributed by atoms with E-state index in [4.69, 9.17) is 9.47 Å². The Kier molecular flexibility index (Phi) is 4.71. The first-order chi connectivity index (χ1) is 13.9. The van der Waals surface area contributed by atoms with Crippen molar-refractivity contribution in [1.82, 2.24) is 5.32 Å². The Bertz CT molecular complexity index is 859. The van der Waals surface area contributed by atoms with Crippen LogP contribution in [0.25, 0.3) is 0 Å². The number of thiophene rings is 1. The smallest absolute Gasteiger partial charge is 0.161 e. The first-order valence-electron chi connectivity index (χ1n) is 11.0. The lowest BCUT2D eigenvalue weighted by Gasteiger charge is -2.65. The van der Waals surface area contributed by atoms with Crippen LogP contribution in [0.2, 0.25) is 0 Å². The van der Waals surface area contributed by atoms with E-state index in [1.54, 1.807) is 18.4 Å². The first kappa shape index (κ1) is 19.4. The molecule has 4 aliphatic rings. The lowest BCUT2D eigenvalue weighted by molar-refractivity contribution is -0.118. The SMILES string of the molecule is COc1cc(CNC23CC4C[C@@](C)(C2)C[C@](C)(C4)C3)ccc1OCc1cccs1. The van der Waals surface area contributed by atoms with Crippen molar-refractivity contribution in [3.05, 3.63) is 46.2 Å². The molecular weight excluding hydrogens is 378 g/mol. The Balaban J connectivity index is 1.27. The summed E-state index contributed by atoms with van der Waals surface area (Å²) >= 11 is 1.72. The van der Waals surface area contributed by atoms with Gasteiger partial charge in [0.2, 0.25) is 0 Å². The molecule has 0 radical (unpaired) electrons. The summed E-state index contributed by atoms with van der Waals surface area (Å²) < 4.78 is 11.6. The van der Waals surface area contributed by atoms with E-state index in [1.165, 1.54) is 49.0 Å². The fourth-order valence-electron chi connectivity index (χ4n) is 7.42. The molecule has 0 amide bonds. The maximum absolute atomic E-state index is 6.00. The zero-order valence-corrected chi connectivity index (χ0v) is 18.7. The van der Waals surface area contributed by atoms with Gasteiger partial charge in [-0.2, -0.15) is 0 Å². The third-order valence-corrected chi connectivity index (χ3v) is 8.32. The normalized spacial score (nSPS) is 35.1. The van der Waals surface area contributed by atoms with Crippen molar-refractivity contribution >= 4 is 11.3 Å². The quantitative estimate of drug-likeness (QED) is 0.590. The molecular formula is C25H33NO2S. The number of hydrogen-bond donors (Lipinski definition) is 1. The van der Waals surface area contributed by atoms with Gasteiger partial charge in [0.25, 0.3) is 0 Å². The van der Waals surface area contributed by atoms with Crippen LogP contribution in [-0.4, -0.2) is 12.6 Å². The van der Waals surface area contributed by atoms with E-state index in [0.717, 1.165) is 24.0 Å². The summed E-state index contributed by atoms with van der Waals surface area (Å²) in [6, 6.07) is 10.5. The molecule has 1 N–H and O–H groups in total. The minimum absolute atomic E-state index is 0.324. The van der Waals surface area contributed by atoms with Gasteiger partial charge in [-0.1, -0.05) is 26.0 Å². The van der Waals surface area contributed by atoms with Crippen molar-refractivity contribution in [2.24, 2.45) is 16.7 Å². The standard InChI is InChI=1S/C25H33NO2S/c1-23-10-19-11-24(2,15-23)17-25(12-19,16-23)26-13-18-6-7-21(22(9-18)27-3)28-14-20-5-4-8-29-20/h4-9,19,26H,10-17H2,1-3H3/t19?,23-,24+,25?. The molecule has 3 nitrogen and oxygen atoms in total. The average Bonchev–Trinajstić information content (AvgIpc) is 3.15. The summed E-state index contributed by atoms with van der Waals surface area (Å²) in [5, 5.41) is 6.10. The zero-order chi connectivity index (χ0) is 20.1. The van der Waals surface area contributed by atoms with Crippen molar-refractivity contribution in [3.8, 4) is 11.5 Å². The van der Waals surface area contributed by atoms with Crippen LogP contribution < -0.4 is 14.8 Å². The molecule has 0 spiro atoms. The van der Waals surface area contributed by atoms with Crippen LogP contribution in [-0.2, 0) is 13.2 Å². The van der Waals surface area contributed by atoms with Crippen LogP contribution in [0.15, 0.2) is 35.7 Å². The molecule has 2 aromatic rings. The number of rotatable bonds is 7. The molecule has 1 aromatic heterocycles. The second-order valence-electron chi connectivity index (χ2n) is 10.6. The van der Waals surface area contributed by atoms with Crippen LogP contribution in [0, 0.1) is 16.7 Å². The lowest BCUT2D eigenvalue weighted by Crippen LogP contribution is -2.63. The summed E-state index contributed by atoms with van der Waals surface area (Å²) in [4.78, 5) is 1.22. The number of ether oxygens (including phenoxy) is 2. The van der Waals surface area contributed by atoms with Crippen LogP contribution in [0.1, 0.15) is 62.8 Å². The molecule has 4 heteroatoms. The maximum Gasteiger partial charge on any atom is 0.161 e. The monoisotopic (exact) mass is 411 g/mol. The molecule has 4 saturated carbocycles. The van der Waals surface area contributed by atoms with Gasteiger partial charge in [-0.15, -0.1) is 11.3 Å². The highest BCUT2D eigenvalue weighted by atomic mass is 32.1. The van der Waals surface area contributed by atoms with E-state index in [2.05, 4.69) is 54.9 Å². The molecule has 4 bridgehead atoms. The molecule has 0 saturated heterocycles. The van der Waals surface area contributed by atoms with Crippen LogP contribution >= 0.6 is 11.3 Å². The zero-order valence-electron chi connectivity index (χ0n) is 17.9. The third-order valence-electron chi connectivity index (χ3n) is 7.47. The molecule has 156 valence electrons. The Morgan fingerprint density at radius 1 is 1.03 bits per heavy atom. The maximum atomic E-state index is 6.00. The van der Waals surface area contributed by atoms with E-state index in [1.807, 2.05) is 0 Å². The highest BCUT2D eigenvalue weighted by molar-refractivity contribution is 7.09. The summed E-state index contributed by atoms with van der Waals surface area (Å²) in [7, 11) is 1.73. The predicted molar refractivity (Wildman–Crippen MR) is 119 cm³/mol. The number of methoxy groups -OCH3 is 1. The van der Waals surface area contributed by atoms with Gasteiger partial charge >= 0.3 is 0 Å². The van der Waals surface area contributed by atoms with E-state index in [9.17, 15) is 0 Å². The highest BCUT2D eigenvalue weighted by Gasteiger charge is 2.59. The fourth-order valence-corrected chi connectivity index (χ4v) is 8.04. The van der Waals surface area contributed by atoms with Gasteiger partial charge in [0, 0.05) is 17.0 Å². The van der Waals surface area contributed by atoms with Crippen LogP contribution in [0.3, 0.4) is 0 Å². The molecule has 1 aromatic carbocycles. The molecule has 1 heterocycles. The minimum atomic E-state index is 0.324. The first-order valence-corrected chi connectivity index (χ1v) is 11.8. The number of hydrogen-bond acceptors (Lipinski definition) is 4. The Labute approximate surface area is 178 Å². The Morgan fingerprint density at radius 3 is 2.48 bits per heavy atom. The summed E-state index contributed by atoms with van der Waals surface area (Å²) in [5.74, 6) is 2.56. The molecule has 6 rings (SSSR count). The molecule has 4 fully saturated rings. The molecule has 2 unspecified atom stereocenters. The van der Waals surface area contributed by atoms with Gasteiger partial charge in [-0.25, -0.2) is 0 Å². The van der Waals surface area contributed by atoms with Crippen molar-refractivity contribution in [2.75, 3.05) is 7.11 Å². The largest absolute Gasteiger partial charge is 0.493 e. The summed E-state index contributed by atoms with van der Waals surface area (Å²) in [6.07, 6.45) is 8.34. The van der Waals surface area contributed by atoms with Crippen molar-refractivity contribution < 1.29 is 9.47 Å². The van der Waals surface area contributed by atoms with E-state index in [0.29, 0.717) is 23.0 Å². The second kappa shape index (κ2) is 7.02. The van der Waals surface area contributed by atoms with Gasteiger partial charge in [-0.3, -0.25) is 0 Å². The van der Waals surface area contributed by atoms with Gasteiger partial charge in [0.05, 0.1) is 7.11 Å². The van der Waals surface area contributed by atoms with Crippen molar-refractivity contribution in [3.63, 3.8) is 0 Å². The topological polar surface area (TPSA) is 30.5 Å². The van der Waals surface area contributed by atoms with E-state index >= 15 is 0 Å². The van der Waals surface area contributed by atoms with Crippen LogP contribution in [0.5, 0.6) is 11.5 Å². The summed E-state index contributed by atoms with van der Waals surface area (Å²) in [5.41, 5.74) is 2.68. The van der Waals surface area contributed by atoms with Gasteiger partial charge < -0.3 is 14.8 Å². The predicted octanol–water partition coefficient (Wildman–Crippen LogP) is 6.17. The molecule has 4 aliphatic carbocycles. The summed E-state index contributed by atoms with van der Waals surface area (Å²) in [6.45, 7) is 6.57. The highest BCUT2D eigenvalue weighted by Crippen LogP contribution is 2.66. The van der Waals surface area contributed by atoms with Crippen molar-refractivity contribution in [1.29, 1.82) is 0 Å². The fraction of sp³-hybridized carbons (Fsp3) is 0.600. The average molecular weight is 412 g/mol. The van der Waals surface area contributed by atoms with E-state index in [-0.39, 0.29) is 0 Å². The van der Waals surface area contributed by atoms with E-state index < -0.39 is 0 Å².